The molecular formula is C17H37O8P. The van der Waals surface area contributed by atoms with Gasteiger partial charge < -0.3 is 29.6 Å². The topological polar surface area (TPSA) is 145 Å². The summed E-state index contributed by atoms with van der Waals surface area (Å²) in [5.41, 5.74) is 0. The van der Waals surface area contributed by atoms with E-state index in [1.807, 2.05) is 0 Å². The number of aliphatic hydroxyl groups excluding tert-OH is 2. The van der Waals surface area contributed by atoms with E-state index >= 15 is 0 Å². The number of carbonyl (C=O) groups is 1. The molecule has 1 atom stereocenters. The molecule has 0 heterocycles. The molecule has 0 aliphatic carbocycles. The molecule has 9 heteroatoms. The zero-order valence-corrected chi connectivity index (χ0v) is 16.8. The third kappa shape index (κ3) is 31.3. The van der Waals surface area contributed by atoms with E-state index in [1.54, 1.807) is 0 Å². The lowest BCUT2D eigenvalue weighted by Gasteiger charge is -2.08. The molecule has 0 radical (unpaired) electrons. The predicted octanol–water partition coefficient (Wildman–Crippen LogP) is 2.66. The Hall–Kier alpha value is -0.500. The van der Waals surface area contributed by atoms with Crippen LogP contribution in [0.25, 0.3) is 0 Å². The number of ether oxygens (including phenoxy) is 1. The predicted molar refractivity (Wildman–Crippen MR) is 99.4 cm³/mol. The molecule has 0 aromatic rings. The van der Waals surface area contributed by atoms with Crippen molar-refractivity contribution in [2.45, 2.75) is 90.1 Å². The van der Waals surface area contributed by atoms with E-state index in [0.29, 0.717) is 6.42 Å². The van der Waals surface area contributed by atoms with Crippen molar-refractivity contribution < 1.29 is 39.0 Å². The van der Waals surface area contributed by atoms with Crippen molar-refractivity contribution in [2.24, 2.45) is 0 Å². The van der Waals surface area contributed by atoms with Crippen LogP contribution in [-0.4, -0.2) is 50.2 Å². The maximum Gasteiger partial charge on any atom is 0.466 e. The number of carbonyl (C=O) groups excluding carboxylic acids is 1. The molecule has 5 N–H and O–H groups in total. The Balaban J connectivity index is 0. The number of esters is 1. The summed E-state index contributed by atoms with van der Waals surface area (Å²) in [7, 11) is -4.64. The highest BCUT2D eigenvalue weighted by atomic mass is 31.2. The van der Waals surface area contributed by atoms with Crippen molar-refractivity contribution in [3.05, 3.63) is 0 Å². The molecule has 0 bridgehead atoms. The Morgan fingerprint density at radius 1 is 0.885 bits per heavy atom. The second-order valence-electron chi connectivity index (χ2n) is 6.32. The van der Waals surface area contributed by atoms with Crippen molar-refractivity contribution >= 4 is 13.8 Å². The lowest BCUT2D eigenvalue weighted by Crippen LogP contribution is -2.21. The highest BCUT2D eigenvalue weighted by Gasteiger charge is 2.07. The Morgan fingerprint density at radius 2 is 1.27 bits per heavy atom. The molecule has 26 heavy (non-hydrogen) atoms. The van der Waals surface area contributed by atoms with E-state index in [9.17, 15) is 4.79 Å². The van der Waals surface area contributed by atoms with Gasteiger partial charge in [-0.2, -0.15) is 0 Å². The van der Waals surface area contributed by atoms with Gasteiger partial charge in [0.05, 0.1) is 6.61 Å². The molecule has 0 rings (SSSR count). The number of hydrogen-bond acceptors (Lipinski definition) is 5. The average Bonchev–Trinajstić information content (AvgIpc) is 2.56. The first-order valence-electron chi connectivity index (χ1n) is 9.43. The van der Waals surface area contributed by atoms with Gasteiger partial charge in [0.2, 0.25) is 0 Å². The molecule has 0 aromatic heterocycles. The van der Waals surface area contributed by atoms with E-state index in [2.05, 4.69) is 6.92 Å². The maximum atomic E-state index is 11.3. The van der Waals surface area contributed by atoms with Crippen LogP contribution < -0.4 is 0 Å². The molecule has 0 aliphatic rings. The van der Waals surface area contributed by atoms with E-state index in [1.165, 1.54) is 57.8 Å². The number of phosphoric acid groups is 1. The van der Waals surface area contributed by atoms with Crippen LogP contribution in [0.4, 0.5) is 0 Å². The van der Waals surface area contributed by atoms with Crippen LogP contribution in [0, 0.1) is 0 Å². The molecule has 0 saturated carbocycles. The minimum absolute atomic E-state index is 0.104. The molecule has 0 unspecified atom stereocenters. The zero-order valence-electron chi connectivity index (χ0n) is 15.9. The summed E-state index contributed by atoms with van der Waals surface area (Å²) in [5.74, 6) is -0.279. The fraction of sp³-hybridized carbons (Fsp3) is 0.941. The number of unbranched alkanes of at least 4 members (excludes halogenated alkanes) is 10. The lowest BCUT2D eigenvalue weighted by atomic mass is 10.1. The summed E-state index contributed by atoms with van der Waals surface area (Å²) in [5, 5.41) is 17.6. The minimum atomic E-state index is -4.64. The second-order valence-corrected chi connectivity index (χ2v) is 7.34. The largest absolute Gasteiger partial charge is 0.466 e. The van der Waals surface area contributed by atoms with Crippen molar-refractivity contribution in [3.8, 4) is 0 Å². The first kappa shape index (κ1) is 27.7. The first-order chi connectivity index (χ1) is 12.2. The van der Waals surface area contributed by atoms with E-state index < -0.39 is 13.9 Å². The molecule has 158 valence electrons. The highest BCUT2D eigenvalue weighted by molar-refractivity contribution is 7.45. The third-order valence-electron chi connectivity index (χ3n) is 3.63. The monoisotopic (exact) mass is 400 g/mol. The summed E-state index contributed by atoms with van der Waals surface area (Å²) in [6.45, 7) is 1.77. The van der Waals surface area contributed by atoms with Crippen LogP contribution in [-0.2, 0) is 14.1 Å². The van der Waals surface area contributed by atoms with Crippen LogP contribution in [0.15, 0.2) is 0 Å². The smallest absolute Gasteiger partial charge is 0.463 e. The van der Waals surface area contributed by atoms with Gasteiger partial charge in [-0.05, 0) is 6.42 Å². The van der Waals surface area contributed by atoms with Gasteiger partial charge in [-0.25, -0.2) is 4.57 Å². The average molecular weight is 400 g/mol. The SMILES string of the molecule is CCCCCCCCCCCCCC(=O)OC[C@H](O)CO.O=P(O)(O)O. The van der Waals surface area contributed by atoms with E-state index in [-0.39, 0.29) is 19.2 Å². The van der Waals surface area contributed by atoms with Gasteiger partial charge in [-0.3, -0.25) is 4.79 Å². The highest BCUT2D eigenvalue weighted by Crippen LogP contribution is 2.25. The van der Waals surface area contributed by atoms with Gasteiger partial charge in [0, 0.05) is 6.42 Å². The van der Waals surface area contributed by atoms with Gasteiger partial charge in [0.25, 0.3) is 0 Å². The van der Waals surface area contributed by atoms with Gasteiger partial charge in [0.15, 0.2) is 0 Å². The second kappa shape index (κ2) is 19.3. The summed E-state index contributed by atoms with van der Waals surface area (Å²) >= 11 is 0. The number of rotatable bonds is 15. The Bertz CT molecular complexity index is 350. The normalized spacial score (nSPS) is 12.2. The van der Waals surface area contributed by atoms with E-state index in [4.69, 9.17) is 34.2 Å². The van der Waals surface area contributed by atoms with Crippen LogP contribution in [0.3, 0.4) is 0 Å². The Labute approximate surface area is 156 Å². The molecule has 0 saturated heterocycles. The van der Waals surface area contributed by atoms with Crippen LogP contribution in [0.2, 0.25) is 0 Å². The summed E-state index contributed by atoms with van der Waals surface area (Å²) < 4.78 is 13.7. The summed E-state index contributed by atoms with van der Waals surface area (Å²) in [6, 6.07) is 0. The summed E-state index contributed by atoms with van der Waals surface area (Å²) in [6.07, 6.45) is 13.2. The number of hydrogen-bond donors (Lipinski definition) is 5. The maximum absolute atomic E-state index is 11.3. The summed E-state index contributed by atoms with van der Waals surface area (Å²) in [4.78, 5) is 32.9. The van der Waals surface area contributed by atoms with Crippen molar-refractivity contribution in [1.29, 1.82) is 0 Å². The van der Waals surface area contributed by atoms with Gasteiger partial charge in [0.1, 0.15) is 12.7 Å². The van der Waals surface area contributed by atoms with Crippen LogP contribution in [0.1, 0.15) is 84.0 Å². The Kier molecular flexibility index (Phi) is 20.5. The third-order valence-corrected chi connectivity index (χ3v) is 3.63. The zero-order chi connectivity index (χ0) is 20.3. The standard InChI is InChI=1S/C17H34O4.H3O4P/c1-2-3-4-5-6-7-8-9-10-11-12-13-17(20)21-15-16(19)14-18;1-5(2,3)4/h16,18-19H,2-15H2,1H3;(H3,1,2,3,4)/t16-;/m1./s1. The molecule has 8 nitrogen and oxygen atoms in total. The van der Waals surface area contributed by atoms with Crippen LogP contribution in [0.5, 0.6) is 0 Å². The van der Waals surface area contributed by atoms with Crippen molar-refractivity contribution in [2.75, 3.05) is 13.2 Å². The lowest BCUT2D eigenvalue weighted by molar-refractivity contribution is -0.147. The molecule has 0 aromatic carbocycles. The first-order valence-corrected chi connectivity index (χ1v) is 11.0. The molecule has 0 spiro atoms. The van der Waals surface area contributed by atoms with Gasteiger partial charge >= 0.3 is 13.8 Å². The Morgan fingerprint density at radius 3 is 1.65 bits per heavy atom. The fourth-order valence-corrected chi connectivity index (χ4v) is 2.25. The molecule has 0 amide bonds. The molecule has 0 aliphatic heterocycles. The quantitative estimate of drug-likeness (QED) is 0.160. The molecule has 0 fully saturated rings. The van der Waals surface area contributed by atoms with Crippen molar-refractivity contribution in [3.63, 3.8) is 0 Å². The van der Waals surface area contributed by atoms with E-state index in [0.717, 1.165) is 12.8 Å². The van der Waals surface area contributed by atoms with Crippen LogP contribution >= 0.6 is 7.82 Å². The molecular weight excluding hydrogens is 363 g/mol. The number of aliphatic hydroxyl groups is 2. The van der Waals surface area contributed by atoms with Gasteiger partial charge in [-0.1, -0.05) is 71.1 Å². The fourth-order valence-electron chi connectivity index (χ4n) is 2.25. The minimum Gasteiger partial charge on any atom is -0.463 e. The van der Waals surface area contributed by atoms with Gasteiger partial charge in [-0.15, -0.1) is 0 Å². The van der Waals surface area contributed by atoms with Crippen molar-refractivity contribution in [1.82, 2.24) is 0 Å².